The second kappa shape index (κ2) is 5.21. The normalized spacial score (nSPS) is 23.0. The lowest BCUT2D eigenvalue weighted by Crippen LogP contribution is -1.99. The molecule has 2 atom stereocenters. The third-order valence-corrected chi connectivity index (χ3v) is 4.50. The molecule has 1 fully saturated rings. The Morgan fingerprint density at radius 1 is 1.47 bits per heavy atom. The predicted octanol–water partition coefficient (Wildman–Crippen LogP) is 3.60. The van der Waals surface area contributed by atoms with E-state index in [4.69, 9.17) is 5.11 Å². The number of rotatable bonds is 6. The van der Waals surface area contributed by atoms with Gasteiger partial charge in [0.05, 0.1) is 5.92 Å². The Balaban J connectivity index is 1.76. The fourth-order valence-corrected chi connectivity index (χ4v) is 3.51. The van der Waals surface area contributed by atoms with Gasteiger partial charge < -0.3 is 5.11 Å². The van der Waals surface area contributed by atoms with Gasteiger partial charge >= 0.3 is 5.97 Å². The van der Waals surface area contributed by atoms with Crippen LogP contribution in [0.3, 0.4) is 0 Å². The van der Waals surface area contributed by atoms with Gasteiger partial charge in [-0.15, -0.1) is 11.3 Å². The first-order valence-corrected chi connectivity index (χ1v) is 7.18. The van der Waals surface area contributed by atoms with E-state index in [-0.39, 0.29) is 5.92 Å². The summed E-state index contributed by atoms with van der Waals surface area (Å²) in [6.07, 6.45) is 4.14. The summed E-state index contributed by atoms with van der Waals surface area (Å²) in [7, 11) is 0. The Morgan fingerprint density at radius 2 is 2.18 bits per heavy atom. The van der Waals surface area contributed by atoms with E-state index >= 15 is 0 Å². The van der Waals surface area contributed by atoms with E-state index in [0.717, 1.165) is 25.7 Å². The molecular weight excluding hydrogens is 232 g/mol. The van der Waals surface area contributed by atoms with Crippen molar-refractivity contribution in [2.24, 2.45) is 17.8 Å². The smallest absolute Gasteiger partial charge is 0.306 e. The summed E-state index contributed by atoms with van der Waals surface area (Å²) >= 11 is 1.89. The van der Waals surface area contributed by atoms with Crippen molar-refractivity contribution in [3.05, 3.63) is 21.9 Å². The second-order valence-corrected chi connectivity index (χ2v) is 6.70. The fraction of sp³-hybridized carbons (Fsp3) is 0.643. The molecule has 3 heteroatoms. The molecule has 1 aromatic rings. The molecule has 1 aliphatic carbocycles. The number of hydrogen-bond donors (Lipinski definition) is 1. The fourth-order valence-electron chi connectivity index (χ4n) is 2.27. The molecule has 94 valence electrons. The zero-order valence-corrected chi connectivity index (χ0v) is 11.3. The Kier molecular flexibility index (Phi) is 3.87. The highest BCUT2D eigenvalue weighted by atomic mass is 32.1. The molecule has 1 N–H and O–H groups in total. The molecule has 0 aromatic carbocycles. The largest absolute Gasteiger partial charge is 0.481 e. The van der Waals surface area contributed by atoms with Crippen LogP contribution in [0.2, 0.25) is 0 Å². The lowest BCUT2D eigenvalue weighted by Gasteiger charge is -2.00. The zero-order chi connectivity index (χ0) is 12.4. The highest BCUT2D eigenvalue weighted by Gasteiger charge is 2.42. The van der Waals surface area contributed by atoms with Crippen LogP contribution >= 0.6 is 11.3 Å². The maximum absolute atomic E-state index is 10.7. The lowest BCUT2D eigenvalue weighted by molar-refractivity contribution is -0.138. The van der Waals surface area contributed by atoms with Crippen molar-refractivity contribution in [1.82, 2.24) is 0 Å². The highest BCUT2D eigenvalue weighted by Crippen LogP contribution is 2.42. The van der Waals surface area contributed by atoms with E-state index in [1.807, 2.05) is 11.3 Å². The number of aliphatic carboxylic acids is 1. The second-order valence-electron chi connectivity index (χ2n) is 5.45. The minimum Gasteiger partial charge on any atom is -0.481 e. The molecule has 0 bridgehead atoms. The standard InChI is InChI=1S/C14H20O2S/c1-9(2)7-12-6-5-11(17-12)4-3-10-8-13(10)14(15)16/h5-6,9-10,13H,3-4,7-8H2,1-2H3,(H,15,16). The van der Waals surface area contributed by atoms with Crippen molar-refractivity contribution >= 4 is 17.3 Å². The van der Waals surface area contributed by atoms with Gasteiger partial charge in [0.2, 0.25) is 0 Å². The molecule has 0 saturated heterocycles. The quantitative estimate of drug-likeness (QED) is 0.840. The molecule has 2 nitrogen and oxygen atoms in total. The van der Waals surface area contributed by atoms with E-state index in [1.165, 1.54) is 9.75 Å². The first-order valence-electron chi connectivity index (χ1n) is 6.36. The Hall–Kier alpha value is -0.830. The number of aryl methyl sites for hydroxylation is 1. The molecule has 1 saturated carbocycles. The van der Waals surface area contributed by atoms with Crippen LogP contribution in [0.15, 0.2) is 12.1 Å². The van der Waals surface area contributed by atoms with Gasteiger partial charge in [0.25, 0.3) is 0 Å². The van der Waals surface area contributed by atoms with E-state index in [2.05, 4.69) is 26.0 Å². The van der Waals surface area contributed by atoms with E-state index in [0.29, 0.717) is 11.8 Å². The number of carbonyl (C=O) groups is 1. The average molecular weight is 252 g/mol. The number of hydrogen-bond acceptors (Lipinski definition) is 2. The number of carboxylic acids is 1. The van der Waals surface area contributed by atoms with Crippen molar-refractivity contribution < 1.29 is 9.90 Å². The Bertz CT molecular complexity index is 395. The third kappa shape index (κ3) is 3.56. The van der Waals surface area contributed by atoms with Gasteiger partial charge in [0.1, 0.15) is 0 Å². The Labute approximate surface area is 107 Å². The Morgan fingerprint density at radius 3 is 2.76 bits per heavy atom. The molecule has 0 aliphatic heterocycles. The van der Waals surface area contributed by atoms with Gasteiger partial charge in [-0.3, -0.25) is 4.79 Å². The van der Waals surface area contributed by atoms with Crippen molar-refractivity contribution in [3.63, 3.8) is 0 Å². The zero-order valence-electron chi connectivity index (χ0n) is 10.5. The van der Waals surface area contributed by atoms with Crippen molar-refractivity contribution in [3.8, 4) is 0 Å². The maximum atomic E-state index is 10.7. The van der Waals surface area contributed by atoms with Crippen molar-refractivity contribution in [2.45, 2.75) is 39.5 Å². The summed E-state index contributed by atoms with van der Waals surface area (Å²) in [6.45, 7) is 4.47. The van der Waals surface area contributed by atoms with Crippen LogP contribution in [0, 0.1) is 17.8 Å². The van der Waals surface area contributed by atoms with Gasteiger partial charge in [-0.05, 0) is 49.7 Å². The molecule has 17 heavy (non-hydrogen) atoms. The predicted molar refractivity (Wildman–Crippen MR) is 70.4 cm³/mol. The summed E-state index contributed by atoms with van der Waals surface area (Å²) in [5.41, 5.74) is 0. The van der Waals surface area contributed by atoms with Gasteiger partial charge in [-0.1, -0.05) is 13.8 Å². The molecular formula is C14H20O2S. The van der Waals surface area contributed by atoms with Crippen molar-refractivity contribution in [1.29, 1.82) is 0 Å². The topological polar surface area (TPSA) is 37.3 Å². The van der Waals surface area contributed by atoms with Crippen molar-refractivity contribution in [2.75, 3.05) is 0 Å². The minimum atomic E-state index is -0.610. The molecule has 0 spiro atoms. The molecule has 1 heterocycles. The van der Waals surface area contributed by atoms with Crippen LogP contribution < -0.4 is 0 Å². The van der Waals surface area contributed by atoms with Crippen LogP contribution in [-0.2, 0) is 17.6 Å². The monoisotopic (exact) mass is 252 g/mol. The molecule has 1 aliphatic rings. The number of carboxylic acid groups (broad SMARTS) is 1. The number of thiophene rings is 1. The minimum absolute atomic E-state index is 0.0508. The van der Waals surface area contributed by atoms with Crippen LogP contribution in [0.4, 0.5) is 0 Å². The molecule has 2 unspecified atom stereocenters. The highest BCUT2D eigenvalue weighted by molar-refractivity contribution is 7.11. The first-order chi connectivity index (χ1) is 8.06. The molecule has 2 rings (SSSR count). The van der Waals surface area contributed by atoms with Crippen LogP contribution in [0.25, 0.3) is 0 Å². The first kappa shape index (κ1) is 12.6. The van der Waals surface area contributed by atoms with E-state index < -0.39 is 5.97 Å². The summed E-state index contributed by atoms with van der Waals surface area (Å²) in [4.78, 5) is 13.6. The van der Waals surface area contributed by atoms with Gasteiger partial charge in [-0.2, -0.15) is 0 Å². The average Bonchev–Trinajstić information content (AvgIpc) is 2.90. The van der Waals surface area contributed by atoms with E-state index in [1.54, 1.807) is 0 Å². The molecule has 0 radical (unpaired) electrons. The summed E-state index contributed by atoms with van der Waals surface area (Å²) < 4.78 is 0. The summed E-state index contributed by atoms with van der Waals surface area (Å²) in [5, 5.41) is 8.83. The molecule has 0 amide bonds. The van der Waals surface area contributed by atoms with Gasteiger partial charge in [0.15, 0.2) is 0 Å². The third-order valence-electron chi connectivity index (χ3n) is 3.33. The van der Waals surface area contributed by atoms with Crippen LogP contribution in [-0.4, -0.2) is 11.1 Å². The summed E-state index contributed by atoms with van der Waals surface area (Å²) in [5.74, 6) is 0.483. The van der Waals surface area contributed by atoms with Crippen LogP contribution in [0.1, 0.15) is 36.4 Å². The molecule has 1 aromatic heterocycles. The van der Waals surface area contributed by atoms with Gasteiger partial charge in [-0.25, -0.2) is 0 Å². The lowest BCUT2D eigenvalue weighted by atomic mass is 10.1. The van der Waals surface area contributed by atoms with Gasteiger partial charge in [0, 0.05) is 9.75 Å². The van der Waals surface area contributed by atoms with Crippen LogP contribution in [0.5, 0.6) is 0 Å². The van der Waals surface area contributed by atoms with E-state index in [9.17, 15) is 4.79 Å². The summed E-state index contributed by atoms with van der Waals surface area (Å²) in [6, 6.07) is 4.43. The SMILES string of the molecule is CC(C)Cc1ccc(CCC2CC2C(=O)O)s1. The maximum Gasteiger partial charge on any atom is 0.306 e.